The molecular weight excluding hydrogens is 328 g/mol. The fraction of sp³-hybridized carbons (Fsp3) is 0.235. The molecule has 0 bridgehead atoms. The van der Waals surface area contributed by atoms with E-state index in [1.165, 1.54) is 31.3 Å². The minimum Gasteiger partial charge on any atom is -0.484 e. The van der Waals surface area contributed by atoms with Crippen LogP contribution in [0.25, 0.3) is 0 Å². The van der Waals surface area contributed by atoms with Gasteiger partial charge < -0.3 is 10.1 Å². The molecule has 0 saturated heterocycles. The summed E-state index contributed by atoms with van der Waals surface area (Å²) in [7, 11) is -2.18. The summed E-state index contributed by atoms with van der Waals surface area (Å²) >= 11 is 0. The van der Waals surface area contributed by atoms with Crippen molar-refractivity contribution in [1.82, 2.24) is 5.32 Å². The van der Waals surface area contributed by atoms with Crippen LogP contribution < -0.4 is 14.8 Å². The van der Waals surface area contributed by atoms with Gasteiger partial charge in [0.05, 0.1) is 10.6 Å². The Morgan fingerprint density at radius 1 is 1.08 bits per heavy atom. The maximum atomic E-state index is 12.5. The smallest absolute Gasteiger partial charge is 0.261 e. The number of anilines is 1. The molecule has 2 aromatic rings. The lowest BCUT2D eigenvalue weighted by atomic mass is 10.1. The summed E-state index contributed by atoms with van der Waals surface area (Å²) in [5.41, 5.74) is 2.44. The van der Waals surface area contributed by atoms with Crippen LogP contribution in [-0.2, 0) is 14.8 Å². The van der Waals surface area contributed by atoms with E-state index in [1.807, 2.05) is 19.9 Å². The van der Waals surface area contributed by atoms with E-state index in [1.54, 1.807) is 12.1 Å². The highest BCUT2D eigenvalue weighted by atomic mass is 32.2. The number of nitrogens with one attached hydrogen (secondary N) is 2. The number of carbonyl (C=O) groups is 1. The molecule has 1 amide bonds. The molecule has 0 fully saturated rings. The van der Waals surface area contributed by atoms with Gasteiger partial charge in [-0.1, -0.05) is 12.1 Å². The monoisotopic (exact) mass is 348 g/mol. The second kappa shape index (κ2) is 7.35. The molecule has 6 nitrogen and oxygen atoms in total. The van der Waals surface area contributed by atoms with Crippen molar-refractivity contribution in [3.63, 3.8) is 0 Å². The topological polar surface area (TPSA) is 84.5 Å². The third-order valence-corrected chi connectivity index (χ3v) is 5.01. The third-order valence-electron chi connectivity index (χ3n) is 3.63. The number of benzene rings is 2. The summed E-state index contributed by atoms with van der Waals surface area (Å²) < 4.78 is 32.8. The van der Waals surface area contributed by atoms with Gasteiger partial charge in [0.25, 0.3) is 15.9 Å². The van der Waals surface area contributed by atoms with Gasteiger partial charge in [-0.15, -0.1) is 0 Å². The summed E-state index contributed by atoms with van der Waals surface area (Å²) in [6, 6.07) is 11.4. The minimum absolute atomic E-state index is 0.121. The van der Waals surface area contributed by atoms with Crippen molar-refractivity contribution >= 4 is 21.6 Å². The average molecular weight is 348 g/mol. The zero-order valence-corrected chi connectivity index (χ0v) is 14.6. The molecular formula is C17H20N2O4S. The van der Waals surface area contributed by atoms with Gasteiger partial charge in [0.15, 0.2) is 6.61 Å². The number of hydrogen-bond donors (Lipinski definition) is 2. The first-order chi connectivity index (χ1) is 11.3. The molecule has 0 radical (unpaired) electrons. The van der Waals surface area contributed by atoms with Crippen molar-refractivity contribution < 1.29 is 17.9 Å². The molecule has 0 aromatic heterocycles. The molecule has 24 heavy (non-hydrogen) atoms. The first kappa shape index (κ1) is 17.8. The molecule has 0 aliphatic carbocycles. The first-order valence-corrected chi connectivity index (χ1v) is 8.84. The normalized spacial score (nSPS) is 11.0. The largest absolute Gasteiger partial charge is 0.484 e. The molecule has 2 aromatic carbocycles. The summed E-state index contributed by atoms with van der Waals surface area (Å²) in [5, 5.41) is 2.44. The SMILES string of the molecule is CNC(=O)COc1ccc(S(=O)(=O)Nc2cccc(C)c2C)cc1. The standard InChI is InChI=1S/C17H20N2O4S/c1-12-5-4-6-16(13(12)2)19-24(21,22)15-9-7-14(8-10-15)23-11-17(20)18-3/h4-10,19H,11H2,1-3H3,(H,18,20). The van der Waals surface area contributed by atoms with Crippen LogP contribution in [0.1, 0.15) is 11.1 Å². The maximum absolute atomic E-state index is 12.5. The molecule has 0 atom stereocenters. The lowest BCUT2D eigenvalue weighted by Gasteiger charge is -2.12. The Balaban J connectivity index is 2.15. The van der Waals surface area contributed by atoms with Crippen molar-refractivity contribution in [2.24, 2.45) is 0 Å². The Bertz CT molecular complexity index is 830. The second-order valence-electron chi connectivity index (χ2n) is 5.29. The number of likely N-dealkylation sites (N-methyl/N-ethyl adjacent to an activating group) is 1. The van der Waals surface area contributed by atoms with E-state index in [2.05, 4.69) is 10.0 Å². The van der Waals surface area contributed by atoms with Crippen LogP contribution in [-0.4, -0.2) is 28.0 Å². The Hall–Kier alpha value is -2.54. The van der Waals surface area contributed by atoms with Gasteiger partial charge in [0.1, 0.15) is 5.75 Å². The Kier molecular flexibility index (Phi) is 5.46. The quantitative estimate of drug-likeness (QED) is 0.838. The van der Waals surface area contributed by atoms with Crippen molar-refractivity contribution in [1.29, 1.82) is 0 Å². The first-order valence-electron chi connectivity index (χ1n) is 7.36. The van der Waals surface area contributed by atoms with E-state index in [9.17, 15) is 13.2 Å². The predicted octanol–water partition coefficient (Wildman–Crippen LogP) is 2.23. The van der Waals surface area contributed by atoms with E-state index in [4.69, 9.17) is 4.74 Å². The van der Waals surface area contributed by atoms with Crippen molar-refractivity contribution in [2.75, 3.05) is 18.4 Å². The highest BCUT2D eigenvalue weighted by Gasteiger charge is 2.15. The van der Waals surface area contributed by atoms with Gasteiger partial charge in [0.2, 0.25) is 0 Å². The summed E-state index contributed by atoms with van der Waals surface area (Å²) in [5.74, 6) is 0.160. The molecule has 2 rings (SSSR count). The van der Waals surface area contributed by atoms with E-state index in [0.29, 0.717) is 11.4 Å². The Morgan fingerprint density at radius 2 is 1.75 bits per heavy atom. The zero-order valence-electron chi connectivity index (χ0n) is 13.8. The van der Waals surface area contributed by atoms with Gasteiger partial charge in [0, 0.05) is 7.05 Å². The molecule has 0 spiro atoms. The second-order valence-corrected chi connectivity index (χ2v) is 6.97. The fourth-order valence-corrected chi connectivity index (χ4v) is 3.12. The zero-order chi connectivity index (χ0) is 17.7. The minimum atomic E-state index is -3.69. The van der Waals surface area contributed by atoms with Crippen molar-refractivity contribution in [2.45, 2.75) is 18.7 Å². The molecule has 0 aliphatic heterocycles. The summed E-state index contributed by atoms with van der Waals surface area (Å²) in [6.45, 7) is 3.66. The number of amides is 1. The average Bonchev–Trinajstić information content (AvgIpc) is 2.57. The number of sulfonamides is 1. The lowest BCUT2D eigenvalue weighted by molar-refractivity contribution is -0.122. The Morgan fingerprint density at radius 3 is 2.38 bits per heavy atom. The fourth-order valence-electron chi connectivity index (χ4n) is 2.00. The number of ether oxygens (including phenoxy) is 1. The highest BCUT2D eigenvalue weighted by Crippen LogP contribution is 2.23. The molecule has 0 aliphatic rings. The van der Waals surface area contributed by atoms with Crippen LogP contribution in [0.4, 0.5) is 5.69 Å². The molecule has 7 heteroatoms. The van der Waals surface area contributed by atoms with Crippen LogP contribution >= 0.6 is 0 Å². The van der Waals surface area contributed by atoms with Gasteiger partial charge in [-0.3, -0.25) is 9.52 Å². The predicted molar refractivity (Wildman–Crippen MR) is 92.7 cm³/mol. The van der Waals surface area contributed by atoms with Crippen LogP contribution in [0.5, 0.6) is 5.75 Å². The number of hydrogen-bond acceptors (Lipinski definition) is 4. The van der Waals surface area contributed by atoms with Gasteiger partial charge >= 0.3 is 0 Å². The van der Waals surface area contributed by atoms with E-state index < -0.39 is 10.0 Å². The number of aryl methyl sites for hydroxylation is 1. The molecule has 0 heterocycles. The van der Waals surface area contributed by atoms with Crippen LogP contribution in [0.3, 0.4) is 0 Å². The van der Waals surface area contributed by atoms with Gasteiger partial charge in [-0.2, -0.15) is 0 Å². The third kappa shape index (κ3) is 4.26. The van der Waals surface area contributed by atoms with Gasteiger partial charge in [-0.05, 0) is 55.3 Å². The van der Waals surface area contributed by atoms with Crippen molar-refractivity contribution in [3.8, 4) is 5.75 Å². The Labute approximate surface area is 141 Å². The van der Waals surface area contributed by atoms with E-state index in [0.717, 1.165) is 11.1 Å². The van der Waals surface area contributed by atoms with Gasteiger partial charge in [-0.25, -0.2) is 8.42 Å². The molecule has 0 saturated carbocycles. The number of rotatable bonds is 6. The van der Waals surface area contributed by atoms with Crippen molar-refractivity contribution in [3.05, 3.63) is 53.6 Å². The van der Waals surface area contributed by atoms with Crippen LogP contribution in [0, 0.1) is 13.8 Å². The van der Waals surface area contributed by atoms with E-state index >= 15 is 0 Å². The van der Waals surface area contributed by atoms with Crippen LogP contribution in [0.15, 0.2) is 47.4 Å². The number of carbonyl (C=O) groups excluding carboxylic acids is 1. The lowest BCUT2D eigenvalue weighted by Crippen LogP contribution is -2.24. The maximum Gasteiger partial charge on any atom is 0.261 e. The highest BCUT2D eigenvalue weighted by molar-refractivity contribution is 7.92. The summed E-state index contributed by atoms with van der Waals surface area (Å²) in [4.78, 5) is 11.3. The van der Waals surface area contributed by atoms with E-state index in [-0.39, 0.29) is 17.4 Å². The van der Waals surface area contributed by atoms with Crippen LogP contribution in [0.2, 0.25) is 0 Å². The molecule has 0 unspecified atom stereocenters. The molecule has 128 valence electrons. The summed E-state index contributed by atoms with van der Waals surface area (Å²) in [6.07, 6.45) is 0. The molecule has 2 N–H and O–H groups in total.